The van der Waals surface area contributed by atoms with E-state index in [4.69, 9.17) is 0 Å². The molecule has 142 valence electrons. The van der Waals surface area contributed by atoms with Crippen molar-refractivity contribution in [2.75, 3.05) is 5.32 Å². The van der Waals surface area contributed by atoms with Gasteiger partial charge in [-0.25, -0.2) is 28.1 Å². The summed E-state index contributed by atoms with van der Waals surface area (Å²) in [4.78, 5) is 49.7. The highest BCUT2D eigenvalue weighted by Crippen LogP contribution is 2.13. The lowest BCUT2D eigenvalue weighted by molar-refractivity contribution is -0.116. The number of rotatable bonds is 7. The number of aryl methyl sites for hydroxylation is 2. The summed E-state index contributed by atoms with van der Waals surface area (Å²) < 4.78 is 2.43. The Hall–Kier alpha value is -3.42. The van der Waals surface area contributed by atoms with Gasteiger partial charge in [0.1, 0.15) is 6.54 Å². The third-order valence-electron chi connectivity index (χ3n) is 3.82. The Morgan fingerprint density at radius 3 is 1.78 bits per heavy atom. The van der Waals surface area contributed by atoms with Gasteiger partial charge in [-0.15, -0.1) is 13.2 Å². The first-order valence-electron chi connectivity index (χ1n) is 8.33. The van der Waals surface area contributed by atoms with Crippen molar-refractivity contribution in [1.82, 2.24) is 13.7 Å². The third kappa shape index (κ3) is 4.41. The van der Waals surface area contributed by atoms with Gasteiger partial charge in [0.25, 0.3) is 0 Å². The normalized spacial score (nSPS) is 10.4. The minimum Gasteiger partial charge on any atom is -0.325 e. The van der Waals surface area contributed by atoms with E-state index in [2.05, 4.69) is 18.5 Å². The van der Waals surface area contributed by atoms with Crippen LogP contribution in [0.3, 0.4) is 0 Å². The molecule has 2 aromatic rings. The second-order valence-corrected chi connectivity index (χ2v) is 6.16. The standard InChI is InChI=1S/C19H22N4O4/c1-5-7-21-17(25)22(8-6-2)19(27)23(18(21)26)12-16(24)20-15-10-13(3)9-14(4)11-15/h5-6,9-11H,1-2,7-8,12H2,3-4H3,(H,20,24). The van der Waals surface area contributed by atoms with E-state index in [1.807, 2.05) is 19.9 Å². The molecule has 1 aromatic heterocycles. The average Bonchev–Trinajstić information content (AvgIpc) is 2.58. The van der Waals surface area contributed by atoms with Gasteiger partial charge in [-0.3, -0.25) is 4.79 Å². The van der Waals surface area contributed by atoms with E-state index in [1.54, 1.807) is 12.1 Å². The molecule has 1 N–H and O–H groups in total. The van der Waals surface area contributed by atoms with Crippen molar-refractivity contribution in [3.05, 3.63) is 86.1 Å². The van der Waals surface area contributed by atoms with Gasteiger partial charge in [0.2, 0.25) is 5.91 Å². The fourth-order valence-electron chi connectivity index (χ4n) is 2.78. The van der Waals surface area contributed by atoms with Crippen molar-refractivity contribution in [2.24, 2.45) is 0 Å². The predicted molar refractivity (Wildman–Crippen MR) is 104 cm³/mol. The Balaban J connectivity index is 2.45. The van der Waals surface area contributed by atoms with E-state index in [1.165, 1.54) is 12.2 Å². The van der Waals surface area contributed by atoms with Crippen molar-refractivity contribution in [3.63, 3.8) is 0 Å². The maximum Gasteiger partial charge on any atom is 0.337 e. The largest absolute Gasteiger partial charge is 0.337 e. The topological polar surface area (TPSA) is 95.1 Å². The van der Waals surface area contributed by atoms with Crippen LogP contribution in [-0.2, 0) is 24.4 Å². The summed E-state index contributed by atoms with van der Waals surface area (Å²) in [5.41, 5.74) is 0.0133. The summed E-state index contributed by atoms with van der Waals surface area (Å²) in [6.07, 6.45) is 2.73. The minimum atomic E-state index is -0.860. The molecule has 0 fully saturated rings. The van der Waals surface area contributed by atoms with Crippen molar-refractivity contribution >= 4 is 11.6 Å². The van der Waals surface area contributed by atoms with E-state index >= 15 is 0 Å². The molecular formula is C19H22N4O4. The summed E-state index contributed by atoms with van der Waals surface area (Å²) in [5.74, 6) is -0.548. The maximum absolute atomic E-state index is 12.5. The molecule has 0 radical (unpaired) electrons. The molecule has 1 heterocycles. The van der Waals surface area contributed by atoms with Crippen LogP contribution in [0, 0.1) is 13.8 Å². The van der Waals surface area contributed by atoms with Gasteiger partial charge in [0.15, 0.2) is 0 Å². The SMILES string of the molecule is C=CCn1c(=O)n(CC=C)c(=O)n(CC(=O)Nc2cc(C)cc(C)c2)c1=O. The van der Waals surface area contributed by atoms with Crippen LogP contribution in [0.1, 0.15) is 11.1 Å². The molecule has 0 aliphatic heterocycles. The number of carbonyl (C=O) groups is 1. The number of nitrogens with zero attached hydrogens (tertiary/aromatic N) is 3. The fourth-order valence-corrected chi connectivity index (χ4v) is 2.78. The summed E-state index contributed by atoms with van der Waals surface area (Å²) in [5, 5.41) is 2.67. The Morgan fingerprint density at radius 2 is 1.33 bits per heavy atom. The lowest BCUT2D eigenvalue weighted by Crippen LogP contribution is -2.55. The van der Waals surface area contributed by atoms with Gasteiger partial charge in [-0.05, 0) is 37.1 Å². The summed E-state index contributed by atoms with van der Waals surface area (Å²) in [7, 11) is 0. The van der Waals surface area contributed by atoms with Gasteiger partial charge in [0.05, 0.1) is 13.1 Å². The first-order valence-corrected chi connectivity index (χ1v) is 8.33. The summed E-state index contributed by atoms with van der Waals surface area (Å²) in [6, 6.07) is 5.52. The van der Waals surface area contributed by atoms with Gasteiger partial charge in [-0.2, -0.15) is 0 Å². The number of hydrogen-bond donors (Lipinski definition) is 1. The zero-order valence-corrected chi connectivity index (χ0v) is 15.4. The van der Waals surface area contributed by atoms with E-state index in [9.17, 15) is 19.2 Å². The lowest BCUT2D eigenvalue weighted by Gasteiger charge is -2.12. The smallest absolute Gasteiger partial charge is 0.325 e. The van der Waals surface area contributed by atoms with Crippen molar-refractivity contribution < 1.29 is 4.79 Å². The minimum absolute atomic E-state index is 0.0756. The molecule has 0 spiro atoms. The predicted octanol–water partition coefficient (Wildman–Crippen LogP) is 0.799. The van der Waals surface area contributed by atoms with Crippen LogP contribution in [0.4, 0.5) is 5.69 Å². The number of allylic oxidation sites excluding steroid dienone is 2. The highest BCUT2D eigenvalue weighted by atomic mass is 16.2. The van der Waals surface area contributed by atoms with E-state index in [-0.39, 0.29) is 13.1 Å². The molecule has 0 saturated carbocycles. The van der Waals surface area contributed by atoms with Crippen LogP contribution in [0.25, 0.3) is 0 Å². The van der Waals surface area contributed by atoms with Crippen LogP contribution in [-0.4, -0.2) is 19.6 Å². The van der Waals surface area contributed by atoms with Crippen molar-refractivity contribution in [1.29, 1.82) is 0 Å². The number of nitrogens with one attached hydrogen (secondary N) is 1. The van der Waals surface area contributed by atoms with Crippen molar-refractivity contribution in [3.8, 4) is 0 Å². The molecule has 0 bridgehead atoms. The van der Waals surface area contributed by atoms with Crippen LogP contribution >= 0.6 is 0 Å². The second-order valence-electron chi connectivity index (χ2n) is 6.16. The van der Waals surface area contributed by atoms with Crippen LogP contribution in [0.2, 0.25) is 0 Å². The Kier molecular flexibility index (Phi) is 6.12. The summed E-state index contributed by atoms with van der Waals surface area (Å²) >= 11 is 0. The quantitative estimate of drug-likeness (QED) is 0.730. The monoisotopic (exact) mass is 370 g/mol. The number of benzene rings is 1. The van der Waals surface area contributed by atoms with Crippen LogP contribution in [0.15, 0.2) is 57.9 Å². The molecule has 27 heavy (non-hydrogen) atoms. The zero-order valence-electron chi connectivity index (χ0n) is 15.4. The Morgan fingerprint density at radius 1 is 0.889 bits per heavy atom. The molecule has 0 aliphatic carbocycles. The van der Waals surface area contributed by atoms with Crippen LogP contribution < -0.4 is 22.4 Å². The number of anilines is 1. The highest BCUT2D eigenvalue weighted by Gasteiger charge is 2.16. The molecule has 1 amide bonds. The fraction of sp³-hybridized carbons (Fsp3) is 0.263. The molecule has 8 heteroatoms. The van der Waals surface area contributed by atoms with Gasteiger partial charge >= 0.3 is 17.1 Å². The molecule has 0 atom stereocenters. The van der Waals surface area contributed by atoms with Crippen LogP contribution in [0.5, 0.6) is 0 Å². The van der Waals surface area contributed by atoms with Gasteiger partial charge < -0.3 is 5.32 Å². The molecule has 0 aliphatic rings. The number of amides is 1. The third-order valence-corrected chi connectivity index (χ3v) is 3.82. The molecule has 1 aromatic carbocycles. The van der Waals surface area contributed by atoms with E-state index in [0.717, 1.165) is 24.8 Å². The lowest BCUT2D eigenvalue weighted by atomic mass is 10.1. The molecule has 0 saturated heterocycles. The number of aromatic nitrogens is 3. The van der Waals surface area contributed by atoms with E-state index in [0.29, 0.717) is 5.69 Å². The maximum atomic E-state index is 12.5. The Labute approximate surface area is 155 Å². The number of carbonyl (C=O) groups excluding carboxylic acids is 1. The van der Waals surface area contributed by atoms with E-state index < -0.39 is 29.5 Å². The highest BCUT2D eigenvalue weighted by molar-refractivity contribution is 5.90. The van der Waals surface area contributed by atoms with Gasteiger partial charge in [-0.1, -0.05) is 18.2 Å². The average molecular weight is 370 g/mol. The summed E-state index contributed by atoms with van der Waals surface area (Å²) in [6.45, 7) is 10.1. The zero-order chi connectivity index (χ0) is 20.1. The van der Waals surface area contributed by atoms with Gasteiger partial charge in [0, 0.05) is 5.69 Å². The number of hydrogen-bond acceptors (Lipinski definition) is 4. The molecule has 2 rings (SSSR count). The molecule has 8 nitrogen and oxygen atoms in total. The second kappa shape index (κ2) is 8.31. The first-order chi connectivity index (χ1) is 12.8. The first kappa shape index (κ1) is 19.9. The Bertz CT molecular complexity index is 1000. The molecule has 0 unspecified atom stereocenters. The van der Waals surface area contributed by atoms with Crippen molar-refractivity contribution in [2.45, 2.75) is 33.5 Å². The molecular weight excluding hydrogens is 348 g/mol.